The van der Waals surface area contributed by atoms with Crippen molar-refractivity contribution in [3.63, 3.8) is 0 Å². The van der Waals surface area contributed by atoms with Crippen LogP contribution in [0.2, 0.25) is 0 Å². The maximum absolute atomic E-state index is 13.0. The number of fused-ring (bicyclic) bond motifs is 2. The molecule has 45 heavy (non-hydrogen) atoms. The summed E-state index contributed by atoms with van der Waals surface area (Å²) in [7, 11) is 0. The Bertz CT molecular complexity index is 1260. The van der Waals surface area contributed by atoms with Crippen LogP contribution in [0.1, 0.15) is 78.7 Å². The second kappa shape index (κ2) is 14.4. The number of aliphatic carboxylic acids is 3. The summed E-state index contributed by atoms with van der Waals surface area (Å²) in [4.78, 5) is 50.6. The first kappa shape index (κ1) is 36.2. The van der Waals surface area contributed by atoms with Crippen LogP contribution in [0.3, 0.4) is 0 Å². The number of carbonyl (C=O) groups is 4. The first-order valence-electron chi connectivity index (χ1n) is 15.4. The van der Waals surface area contributed by atoms with Gasteiger partial charge in [0.15, 0.2) is 6.10 Å². The summed E-state index contributed by atoms with van der Waals surface area (Å²) in [6.45, 7) is 9.88. The minimum atomic E-state index is -3.79. The lowest BCUT2D eigenvalue weighted by atomic mass is 9.74. The fourth-order valence-corrected chi connectivity index (χ4v) is 6.47. The van der Waals surface area contributed by atoms with Crippen LogP contribution >= 0.6 is 0 Å². The number of benzene rings is 1. The third kappa shape index (κ3) is 7.24. The Balaban J connectivity index is 1.95. The number of carboxylic acid groups (broad SMARTS) is 3. The number of aliphatic hydroxyl groups excluding tert-OH is 1. The molecular formula is C33H46O12. The van der Waals surface area contributed by atoms with Gasteiger partial charge >= 0.3 is 23.9 Å². The molecule has 250 valence electrons. The number of ether oxygens (including phenoxy) is 3. The van der Waals surface area contributed by atoms with E-state index in [4.69, 9.17) is 14.2 Å². The van der Waals surface area contributed by atoms with E-state index < -0.39 is 65.6 Å². The molecule has 2 fully saturated rings. The summed E-state index contributed by atoms with van der Waals surface area (Å²) in [6.07, 6.45) is -2.77. The molecule has 1 aromatic carbocycles. The number of esters is 1. The molecule has 0 aliphatic carbocycles. The summed E-state index contributed by atoms with van der Waals surface area (Å²) in [5.74, 6) is -9.21. The fraction of sp³-hybridized carbons (Fsp3) is 0.636. The van der Waals surface area contributed by atoms with E-state index in [1.54, 1.807) is 13.0 Å². The lowest BCUT2D eigenvalue weighted by molar-refractivity contribution is -0.371. The number of carboxylic acids is 3. The molecule has 0 amide bonds. The molecular weight excluding hydrogens is 588 g/mol. The molecule has 5 N–H and O–H groups in total. The minimum Gasteiger partial charge on any atom is -0.479 e. The van der Waals surface area contributed by atoms with Gasteiger partial charge in [-0.15, -0.1) is 0 Å². The van der Waals surface area contributed by atoms with Crippen molar-refractivity contribution < 1.29 is 58.9 Å². The van der Waals surface area contributed by atoms with Crippen LogP contribution in [0.15, 0.2) is 42.0 Å². The Morgan fingerprint density at radius 2 is 1.64 bits per heavy atom. The van der Waals surface area contributed by atoms with Gasteiger partial charge in [-0.1, -0.05) is 76.1 Å². The fourth-order valence-electron chi connectivity index (χ4n) is 6.47. The summed E-state index contributed by atoms with van der Waals surface area (Å²) in [6, 6.07) is 9.80. The molecule has 2 saturated heterocycles. The zero-order valence-corrected chi connectivity index (χ0v) is 26.5. The zero-order valence-electron chi connectivity index (χ0n) is 26.5. The van der Waals surface area contributed by atoms with E-state index >= 15 is 0 Å². The van der Waals surface area contributed by atoms with Crippen LogP contribution in [0.4, 0.5) is 0 Å². The van der Waals surface area contributed by atoms with Crippen molar-refractivity contribution in [3.8, 4) is 0 Å². The second-order valence-corrected chi connectivity index (χ2v) is 12.9. The van der Waals surface area contributed by atoms with Crippen LogP contribution in [-0.4, -0.2) is 84.7 Å². The Hall–Kier alpha value is -3.32. The van der Waals surface area contributed by atoms with Crippen molar-refractivity contribution >= 4 is 23.9 Å². The molecule has 1 aromatic rings. The standard InChI is InChI=1S/C33H46O12/c1-6-19(2)16-20(3)12-13-24(34)43-26-25(35)31(15-14-21(4)17-22(5)18-23-10-8-7-9-11-23)44-27(28(36)37)32(42,29(38)39)33(26,45-31)30(40)41/h7-11,14,19-20,22,25-27,35,42H,6,12-13,15-18H2,1-5H3,(H,36,37)(H,38,39)(H,40,41)/b21-14+/t19-,20+,22-,25+,26+,27+,31-,32+,33-/m0/s1. The molecule has 9 atom stereocenters. The number of aliphatic hydroxyl groups is 2. The van der Waals surface area contributed by atoms with Crippen LogP contribution in [0.25, 0.3) is 0 Å². The summed E-state index contributed by atoms with van der Waals surface area (Å²) >= 11 is 0. The van der Waals surface area contributed by atoms with Crippen molar-refractivity contribution in [1.29, 1.82) is 0 Å². The largest absolute Gasteiger partial charge is 0.479 e. The second-order valence-electron chi connectivity index (χ2n) is 12.9. The molecule has 2 heterocycles. The third-order valence-electron chi connectivity index (χ3n) is 9.04. The SMILES string of the molecule is CC[C@H](C)C[C@H](C)CCC(=O)O[C@@H]1[C@@H](O)[C@@]2(C/C=C(\C)C[C@H](C)Cc3ccccc3)O[C@H](C(=O)O)[C@@](O)(C(=O)O)[C@]1(C(=O)O)O2. The van der Waals surface area contributed by atoms with Crippen LogP contribution < -0.4 is 0 Å². The average Bonchev–Trinajstić information content (AvgIpc) is 3.19. The van der Waals surface area contributed by atoms with Gasteiger partial charge in [0.25, 0.3) is 0 Å². The first-order valence-corrected chi connectivity index (χ1v) is 15.4. The van der Waals surface area contributed by atoms with E-state index in [9.17, 15) is 44.7 Å². The van der Waals surface area contributed by atoms with Crippen molar-refractivity contribution in [2.45, 2.75) is 115 Å². The average molecular weight is 635 g/mol. The van der Waals surface area contributed by atoms with Gasteiger partial charge in [0, 0.05) is 12.8 Å². The van der Waals surface area contributed by atoms with E-state index in [0.717, 1.165) is 30.4 Å². The number of hydrogen-bond donors (Lipinski definition) is 5. The lowest BCUT2D eigenvalue weighted by Gasteiger charge is -2.48. The van der Waals surface area contributed by atoms with Gasteiger partial charge in [-0.05, 0) is 55.9 Å². The number of rotatable bonds is 16. The summed E-state index contributed by atoms with van der Waals surface area (Å²) < 4.78 is 16.6. The number of allylic oxidation sites excluding steroid dienone is 1. The number of hydrogen-bond acceptors (Lipinski definition) is 9. The summed E-state index contributed by atoms with van der Waals surface area (Å²) in [5.41, 5.74) is -5.30. The monoisotopic (exact) mass is 634 g/mol. The maximum Gasteiger partial charge on any atom is 0.344 e. The van der Waals surface area contributed by atoms with Gasteiger partial charge in [-0.3, -0.25) is 4.79 Å². The summed E-state index contributed by atoms with van der Waals surface area (Å²) in [5, 5.41) is 53.2. The highest BCUT2D eigenvalue weighted by Gasteiger charge is 2.85. The Morgan fingerprint density at radius 3 is 2.20 bits per heavy atom. The van der Waals surface area contributed by atoms with E-state index in [1.165, 1.54) is 0 Å². The van der Waals surface area contributed by atoms with E-state index in [2.05, 4.69) is 6.92 Å². The molecule has 0 radical (unpaired) electrons. The molecule has 0 aromatic heterocycles. The minimum absolute atomic E-state index is 0.101. The molecule has 3 rings (SSSR count). The van der Waals surface area contributed by atoms with Crippen molar-refractivity contribution in [1.82, 2.24) is 0 Å². The molecule has 0 spiro atoms. The quantitative estimate of drug-likeness (QED) is 0.131. The van der Waals surface area contributed by atoms with Gasteiger partial charge < -0.3 is 39.7 Å². The van der Waals surface area contributed by atoms with Crippen molar-refractivity contribution in [3.05, 3.63) is 47.5 Å². The number of carbonyl (C=O) groups excluding carboxylic acids is 1. The van der Waals surface area contributed by atoms with Crippen LogP contribution in [0, 0.1) is 17.8 Å². The molecule has 12 heteroatoms. The van der Waals surface area contributed by atoms with E-state index in [-0.39, 0.29) is 18.3 Å². The predicted octanol–water partition coefficient (Wildman–Crippen LogP) is 3.57. The Kier molecular flexibility index (Phi) is 11.6. The normalized spacial score (nSPS) is 31.5. The van der Waals surface area contributed by atoms with Gasteiger partial charge in [-0.25, -0.2) is 14.4 Å². The van der Waals surface area contributed by atoms with E-state index in [1.807, 2.05) is 51.1 Å². The highest BCUT2D eigenvalue weighted by Crippen LogP contribution is 2.55. The lowest BCUT2D eigenvalue weighted by Crippen LogP contribution is -2.78. The van der Waals surface area contributed by atoms with E-state index in [0.29, 0.717) is 18.8 Å². The highest BCUT2D eigenvalue weighted by molar-refractivity contribution is 5.98. The first-order chi connectivity index (χ1) is 21.0. The highest BCUT2D eigenvalue weighted by atomic mass is 16.8. The molecule has 2 aliphatic heterocycles. The van der Waals surface area contributed by atoms with Gasteiger partial charge in [-0.2, -0.15) is 0 Å². The molecule has 0 unspecified atom stereocenters. The smallest absolute Gasteiger partial charge is 0.344 e. The Labute approximate surface area is 263 Å². The maximum atomic E-state index is 13.0. The van der Waals surface area contributed by atoms with Gasteiger partial charge in [0.1, 0.15) is 6.10 Å². The van der Waals surface area contributed by atoms with Crippen molar-refractivity contribution in [2.75, 3.05) is 0 Å². The van der Waals surface area contributed by atoms with Gasteiger partial charge in [0.05, 0.1) is 0 Å². The van der Waals surface area contributed by atoms with Crippen LogP contribution in [-0.2, 0) is 39.8 Å². The molecule has 0 saturated carbocycles. The molecule has 2 aliphatic rings. The third-order valence-corrected chi connectivity index (χ3v) is 9.04. The molecule has 2 bridgehead atoms. The molecule has 12 nitrogen and oxygen atoms in total. The predicted molar refractivity (Wildman–Crippen MR) is 160 cm³/mol. The van der Waals surface area contributed by atoms with Crippen molar-refractivity contribution in [2.24, 2.45) is 17.8 Å². The topological polar surface area (TPSA) is 197 Å². The Morgan fingerprint density at radius 1 is 1.00 bits per heavy atom. The van der Waals surface area contributed by atoms with Crippen LogP contribution in [0.5, 0.6) is 0 Å². The zero-order chi connectivity index (χ0) is 33.7. The van der Waals surface area contributed by atoms with Gasteiger partial charge in [0.2, 0.25) is 23.1 Å².